The van der Waals surface area contributed by atoms with Crippen LogP contribution in [-0.4, -0.2) is 25.2 Å². The number of rotatable bonds is 7. The van der Waals surface area contributed by atoms with Crippen LogP contribution in [-0.2, 0) is 4.79 Å². The Balaban J connectivity index is 1.39. The third kappa shape index (κ3) is 4.32. The van der Waals surface area contributed by atoms with Crippen molar-refractivity contribution in [3.8, 4) is 11.5 Å². The van der Waals surface area contributed by atoms with Crippen molar-refractivity contribution in [2.24, 2.45) is 0 Å². The zero-order valence-corrected chi connectivity index (χ0v) is 13.9. The molecule has 1 atom stereocenters. The van der Waals surface area contributed by atoms with E-state index in [2.05, 4.69) is 10.6 Å². The number of hydrogen-bond acceptors (Lipinski definition) is 5. The van der Waals surface area contributed by atoms with Gasteiger partial charge in [-0.1, -0.05) is 6.07 Å². The molecule has 1 unspecified atom stereocenters. The number of furan rings is 1. The van der Waals surface area contributed by atoms with Crippen molar-refractivity contribution in [1.82, 2.24) is 10.6 Å². The van der Waals surface area contributed by atoms with E-state index in [1.54, 1.807) is 12.1 Å². The van der Waals surface area contributed by atoms with Crippen LogP contribution in [0.25, 0.3) is 0 Å². The third-order valence-electron chi connectivity index (χ3n) is 3.89. The summed E-state index contributed by atoms with van der Waals surface area (Å²) in [6.45, 7) is 2.54. The molecule has 0 bridgehead atoms. The second-order valence-electron chi connectivity index (χ2n) is 5.74. The third-order valence-corrected chi connectivity index (χ3v) is 3.89. The summed E-state index contributed by atoms with van der Waals surface area (Å²) in [5, 5.41) is 5.65. The van der Waals surface area contributed by atoms with Crippen LogP contribution in [0.15, 0.2) is 41.0 Å². The molecular formula is C18H20N2O5. The minimum absolute atomic E-state index is 0.0718. The molecule has 2 aromatic rings. The number of carbonyl (C=O) groups is 2. The minimum atomic E-state index is -0.279. The predicted octanol–water partition coefficient (Wildman–Crippen LogP) is 2.40. The number of nitrogens with one attached hydrogen (secondary N) is 2. The van der Waals surface area contributed by atoms with E-state index < -0.39 is 0 Å². The fraction of sp³-hybridized carbons (Fsp3) is 0.333. The van der Waals surface area contributed by atoms with E-state index in [0.29, 0.717) is 25.1 Å². The van der Waals surface area contributed by atoms with E-state index in [9.17, 15) is 9.59 Å². The average molecular weight is 344 g/mol. The van der Waals surface area contributed by atoms with Gasteiger partial charge in [-0.2, -0.15) is 0 Å². The van der Waals surface area contributed by atoms with Crippen molar-refractivity contribution in [3.05, 3.63) is 47.9 Å². The van der Waals surface area contributed by atoms with Gasteiger partial charge < -0.3 is 24.5 Å². The molecule has 3 rings (SSSR count). The molecule has 0 fully saturated rings. The van der Waals surface area contributed by atoms with Gasteiger partial charge in [-0.05, 0) is 43.2 Å². The largest absolute Gasteiger partial charge is 0.459 e. The van der Waals surface area contributed by atoms with Gasteiger partial charge in [0.15, 0.2) is 17.3 Å². The molecular weight excluding hydrogens is 324 g/mol. The van der Waals surface area contributed by atoms with Crippen LogP contribution in [0.2, 0.25) is 0 Å². The molecule has 0 radical (unpaired) electrons. The van der Waals surface area contributed by atoms with Gasteiger partial charge >= 0.3 is 0 Å². The van der Waals surface area contributed by atoms with E-state index >= 15 is 0 Å². The van der Waals surface area contributed by atoms with Crippen molar-refractivity contribution < 1.29 is 23.5 Å². The Kier molecular flexibility index (Phi) is 5.23. The lowest BCUT2D eigenvalue weighted by atomic mass is 10.1. The zero-order valence-electron chi connectivity index (χ0n) is 13.9. The van der Waals surface area contributed by atoms with Crippen LogP contribution in [0.3, 0.4) is 0 Å². The quantitative estimate of drug-likeness (QED) is 0.753. The molecule has 25 heavy (non-hydrogen) atoms. The van der Waals surface area contributed by atoms with Crippen LogP contribution in [0.1, 0.15) is 41.9 Å². The molecule has 132 valence electrons. The van der Waals surface area contributed by atoms with E-state index in [0.717, 1.165) is 11.3 Å². The maximum Gasteiger partial charge on any atom is 0.286 e. The molecule has 2 amide bonds. The number of carbonyl (C=O) groups excluding carboxylic acids is 2. The number of ether oxygens (including phenoxy) is 2. The first-order chi connectivity index (χ1) is 12.1. The average Bonchev–Trinajstić information content (AvgIpc) is 3.28. The first kappa shape index (κ1) is 16.9. The molecule has 1 aromatic heterocycles. The summed E-state index contributed by atoms with van der Waals surface area (Å²) in [4.78, 5) is 23.7. The summed E-state index contributed by atoms with van der Waals surface area (Å²) < 4.78 is 15.6. The van der Waals surface area contributed by atoms with Gasteiger partial charge in [-0.15, -0.1) is 0 Å². The number of amides is 2. The lowest BCUT2D eigenvalue weighted by molar-refractivity contribution is -0.121. The molecule has 1 aromatic carbocycles. The van der Waals surface area contributed by atoms with E-state index in [4.69, 9.17) is 13.9 Å². The molecule has 7 heteroatoms. The van der Waals surface area contributed by atoms with Crippen molar-refractivity contribution in [2.75, 3.05) is 13.3 Å². The normalized spacial score (nSPS) is 13.3. The topological polar surface area (TPSA) is 89.8 Å². The Morgan fingerprint density at radius 1 is 1.20 bits per heavy atom. The van der Waals surface area contributed by atoms with Crippen LogP contribution < -0.4 is 20.1 Å². The number of hydrogen-bond donors (Lipinski definition) is 2. The first-order valence-corrected chi connectivity index (χ1v) is 8.14. The van der Waals surface area contributed by atoms with Crippen LogP contribution in [0.5, 0.6) is 11.5 Å². The van der Waals surface area contributed by atoms with Gasteiger partial charge in [0.2, 0.25) is 12.7 Å². The molecule has 0 saturated carbocycles. The highest BCUT2D eigenvalue weighted by atomic mass is 16.7. The molecule has 2 N–H and O–H groups in total. The fourth-order valence-corrected chi connectivity index (χ4v) is 2.53. The summed E-state index contributed by atoms with van der Waals surface area (Å²) in [7, 11) is 0. The minimum Gasteiger partial charge on any atom is -0.459 e. The molecule has 7 nitrogen and oxygen atoms in total. The summed E-state index contributed by atoms with van der Waals surface area (Å²) in [5.41, 5.74) is 0.948. The van der Waals surface area contributed by atoms with Crippen molar-refractivity contribution >= 4 is 11.8 Å². The Bertz CT molecular complexity index is 742. The number of fused-ring (bicyclic) bond motifs is 1. The monoisotopic (exact) mass is 344 g/mol. The second kappa shape index (κ2) is 7.74. The highest BCUT2D eigenvalue weighted by Crippen LogP contribution is 2.34. The Labute approximate surface area is 145 Å². The Morgan fingerprint density at radius 2 is 2.04 bits per heavy atom. The van der Waals surface area contributed by atoms with E-state index in [-0.39, 0.29) is 30.4 Å². The second-order valence-corrected chi connectivity index (χ2v) is 5.74. The van der Waals surface area contributed by atoms with Gasteiger partial charge in [0.1, 0.15) is 0 Å². The maximum atomic E-state index is 12.0. The Hall–Kier alpha value is -2.96. The van der Waals surface area contributed by atoms with Crippen molar-refractivity contribution in [1.29, 1.82) is 0 Å². The number of benzene rings is 1. The first-order valence-electron chi connectivity index (χ1n) is 8.14. The Morgan fingerprint density at radius 3 is 2.84 bits per heavy atom. The van der Waals surface area contributed by atoms with Crippen molar-refractivity contribution in [2.45, 2.75) is 25.8 Å². The molecule has 0 spiro atoms. The van der Waals surface area contributed by atoms with Gasteiger partial charge in [-0.25, -0.2) is 0 Å². The van der Waals surface area contributed by atoms with Gasteiger partial charge in [0.05, 0.1) is 12.3 Å². The van der Waals surface area contributed by atoms with Crippen LogP contribution in [0.4, 0.5) is 0 Å². The molecule has 1 aliphatic rings. The van der Waals surface area contributed by atoms with Crippen molar-refractivity contribution in [3.63, 3.8) is 0 Å². The van der Waals surface area contributed by atoms with Gasteiger partial charge in [0, 0.05) is 13.0 Å². The molecule has 0 saturated heterocycles. The summed E-state index contributed by atoms with van der Waals surface area (Å²) in [5.74, 6) is 1.33. The lowest BCUT2D eigenvalue weighted by Crippen LogP contribution is -2.28. The SMILES string of the molecule is CC(NC(=O)CCCNC(=O)c1ccco1)c1ccc2c(c1)OCO2. The smallest absolute Gasteiger partial charge is 0.286 e. The molecule has 1 aliphatic heterocycles. The highest BCUT2D eigenvalue weighted by molar-refractivity contribution is 5.91. The fourth-order valence-electron chi connectivity index (χ4n) is 2.53. The van der Waals surface area contributed by atoms with Gasteiger partial charge in [-0.3, -0.25) is 9.59 Å². The van der Waals surface area contributed by atoms with Crippen LogP contribution >= 0.6 is 0 Å². The summed E-state index contributed by atoms with van der Waals surface area (Å²) >= 11 is 0. The van der Waals surface area contributed by atoms with Gasteiger partial charge in [0.25, 0.3) is 5.91 Å². The highest BCUT2D eigenvalue weighted by Gasteiger charge is 2.16. The van der Waals surface area contributed by atoms with Crippen LogP contribution in [0, 0.1) is 0 Å². The molecule has 0 aliphatic carbocycles. The standard InChI is InChI=1S/C18H20N2O5/c1-12(13-6-7-14-16(10-13)25-11-24-14)20-17(21)5-2-8-19-18(22)15-4-3-9-23-15/h3-4,6-7,9-10,12H,2,5,8,11H2,1H3,(H,19,22)(H,20,21). The predicted molar refractivity (Wildman–Crippen MR) is 89.4 cm³/mol. The van der Waals surface area contributed by atoms with E-state index in [1.807, 2.05) is 25.1 Å². The lowest BCUT2D eigenvalue weighted by Gasteiger charge is -2.15. The van der Waals surface area contributed by atoms with E-state index in [1.165, 1.54) is 6.26 Å². The summed E-state index contributed by atoms with van der Waals surface area (Å²) in [6.07, 6.45) is 2.32. The maximum absolute atomic E-state index is 12.0. The zero-order chi connectivity index (χ0) is 17.6. The summed E-state index contributed by atoms with van der Waals surface area (Å²) in [6, 6.07) is 8.72. The molecule has 2 heterocycles.